The predicted octanol–water partition coefficient (Wildman–Crippen LogP) is 2.65. The quantitative estimate of drug-likeness (QED) is 0.880. The third-order valence-electron chi connectivity index (χ3n) is 2.99. The van der Waals surface area contributed by atoms with Crippen LogP contribution in [0, 0.1) is 0 Å². The average molecular weight is 273 g/mol. The molecule has 0 bridgehead atoms. The highest BCUT2D eigenvalue weighted by Crippen LogP contribution is 2.19. The van der Waals surface area contributed by atoms with Gasteiger partial charge in [-0.2, -0.15) is 0 Å². The van der Waals surface area contributed by atoms with E-state index >= 15 is 0 Å². The average Bonchev–Trinajstić information content (AvgIpc) is 3.09. The standard InChI is InChI=1S/C14H15N3OS/c18-14(17-12-5-6-12)10-1-3-11(4-2-10)16-9-13-15-7-8-19-13/h1-4,7-8,12,16H,5-6,9H2,(H,17,18). The van der Waals surface area contributed by atoms with Gasteiger partial charge in [-0.05, 0) is 37.1 Å². The maximum absolute atomic E-state index is 11.8. The van der Waals surface area contributed by atoms with Crippen molar-refractivity contribution in [2.45, 2.75) is 25.4 Å². The molecule has 4 nitrogen and oxygen atoms in total. The van der Waals surface area contributed by atoms with Crippen molar-refractivity contribution in [3.05, 3.63) is 46.4 Å². The lowest BCUT2D eigenvalue weighted by Gasteiger charge is -2.06. The third-order valence-corrected chi connectivity index (χ3v) is 3.77. The van der Waals surface area contributed by atoms with Gasteiger partial charge in [0.2, 0.25) is 0 Å². The van der Waals surface area contributed by atoms with E-state index in [1.807, 2.05) is 29.6 Å². The summed E-state index contributed by atoms with van der Waals surface area (Å²) in [5, 5.41) is 9.27. The molecule has 19 heavy (non-hydrogen) atoms. The zero-order valence-electron chi connectivity index (χ0n) is 10.4. The third kappa shape index (κ3) is 3.32. The number of anilines is 1. The van der Waals surface area contributed by atoms with Crippen LogP contribution in [0.3, 0.4) is 0 Å². The van der Waals surface area contributed by atoms with Gasteiger partial charge in [0.15, 0.2) is 0 Å². The second-order valence-electron chi connectivity index (χ2n) is 4.60. The summed E-state index contributed by atoms with van der Waals surface area (Å²) in [6, 6.07) is 7.95. The highest BCUT2D eigenvalue weighted by Gasteiger charge is 2.23. The van der Waals surface area contributed by atoms with Crippen LogP contribution < -0.4 is 10.6 Å². The summed E-state index contributed by atoms with van der Waals surface area (Å²) in [4.78, 5) is 16.0. The first-order valence-corrected chi connectivity index (χ1v) is 7.22. The molecule has 1 amide bonds. The van der Waals surface area contributed by atoms with Gasteiger partial charge in [-0.1, -0.05) is 0 Å². The summed E-state index contributed by atoms with van der Waals surface area (Å²) in [5.74, 6) is 0.0222. The number of nitrogens with zero attached hydrogens (tertiary/aromatic N) is 1. The Morgan fingerprint density at radius 3 is 2.74 bits per heavy atom. The van der Waals surface area contributed by atoms with E-state index in [-0.39, 0.29) is 5.91 Å². The van der Waals surface area contributed by atoms with Gasteiger partial charge in [0, 0.05) is 28.9 Å². The van der Waals surface area contributed by atoms with Crippen LogP contribution in [-0.2, 0) is 6.54 Å². The molecule has 5 heteroatoms. The molecule has 1 saturated carbocycles. The summed E-state index contributed by atoms with van der Waals surface area (Å²) in [6.45, 7) is 0.714. The first-order valence-electron chi connectivity index (χ1n) is 6.34. The number of amides is 1. The van der Waals surface area contributed by atoms with E-state index in [9.17, 15) is 4.79 Å². The van der Waals surface area contributed by atoms with Gasteiger partial charge in [-0.25, -0.2) is 4.98 Å². The van der Waals surface area contributed by atoms with Crippen molar-refractivity contribution >= 4 is 22.9 Å². The Morgan fingerprint density at radius 2 is 2.11 bits per heavy atom. The van der Waals surface area contributed by atoms with Gasteiger partial charge in [0.1, 0.15) is 5.01 Å². The van der Waals surface area contributed by atoms with E-state index < -0.39 is 0 Å². The van der Waals surface area contributed by atoms with Crippen molar-refractivity contribution in [1.82, 2.24) is 10.3 Å². The van der Waals surface area contributed by atoms with Crippen LogP contribution in [0.2, 0.25) is 0 Å². The van der Waals surface area contributed by atoms with E-state index in [2.05, 4.69) is 15.6 Å². The molecule has 2 aromatic rings. The topological polar surface area (TPSA) is 54.0 Å². The number of hydrogen-bond acceptors (Lipinski definition) is 4. The fourth-order valence-electron chi connectivity index (χ4n) is 1.75. The monoisotopic (exact) mass is 273 g/mol. The lowest BCUT2D eigenvalue weighted by Crippen LogP contribution is -2.25. The molecule has 3 rings (SSSR count). The Morgan fingerprint density at radius 1 is 1.32 bits per heavy atom. The molecule has 1 aliphatic rings. The van der Waals surface area contributed by atoms with E-state index in [1.165, 1.54) is 0 Å². The zero-order valence-corrected chi connectivity index (χ0v) is 11.2. The Balaban J connectivity index is 1.57. The Hall–Kier alpha value is -1.88. The highest BCUT2D eigenvalue weighted by atomic mass is 32.1. The van der Waals surface area contributed by atoms with Crippen LogP contribution in [0.5, 0.6) is 0 Å². The number of rotatable bonds is 5. The van der Waals surface area contributed by atoms with Crippen LogP contribution in [0.4, 0.5) is 5.69 Å². The molecule has 1 fully saturated rings. The number of hydrogen-bond donors (Lipinski definition) is 2. The van der Waals surface area contributed by atoms with Crippen LogP contribution in [0.1, 0.15) is 28.2 Å². The second kappa shape index (κ2) is 5.40. The van der Waals surface area contributed by atoms with Crippen LogP contribution in [0.15, 0.2) is 35.8 Å². The Labute approximate surface area is 115 Å². The predicted molar refractivity (Wildman–Crippen MR) is 76.4 cm³/mol. The maximum Gasteiger partial charge on any atom is 0.251 e. The van der Waals surface area contributed by atoms with Gasteiger partial charge in [0.05, 0.1) is 6.54 Å². The summed E-state index contributed by atoms with van der Waals surface area (Å²) < 4.78 is 0. The summed E-state index contributed by atoms with van der Waals surface area (Å²) in [7, 11) is 0. The van der Waals surface area contributed by atoms with Crippen molar-refractivity contribution in [2.75, 3.05) is 5.32 Å². The van der Waals surface area contributed by atoms with Crippen LogP contribution >= 0.6 is 11.3 Å². The second-order valence-corrected chi connectivity index (χ2v) is 5.58. The van der Waals surface area contributed by atoms with Gasteiger partial charge in [-0.3, -0.25) is 4.79 Å². The molecule has 0 aliphatic heterocycles. The fraction of sp³-hybridized carbons (Fsp3) is 0.286. The molecule has 1 aromatic carbocycles. The van der Waals surface area contributed by atoms with Gasteiger partial charge in [0.25, 0.3) is 5.91 Å². The molecule has 1 heterocycles. The molecule has 0 spiro atoms. The Bertz CT molecular complexity index is 547. The normalized spacial score (nSPS) is 14.1. The first-order chi connectivity index (χ1) is 9.31. The number of thiazole rings is 1. The molecule has 0 saturated heterocycles. The largest absolute Gasteiger partial charge is 0.379 e. The molecule has 98 valence electrons. The molecule has 1 aromatic heterocycles. The lowest BCUT2D eigenvalue weighted by atomic mass is 10.2. The summed E-state index contributed by atoms with van der Waals surface area (Å²) >= 11 is 1.63. The number of nitrogens with one attached hydrogen (secondary N) is 2. The van der Waals surface area contributed by atoms with Gasteiger partial charge >= 0.3 is 0 Å². The minimum Gasteiger partial charge on any atom is -0.379 e. The van der Waals surface area contributed by atoms with Crippen molar-refractivity contribution in [3.63, 3.8) is 0 Å². The SMILES string of the molecule is O=C(NC1CC1)c1ccc(NCc2nccs2)cc1. The van der Waals surface area contributed by atoms with E-state index in [0.29, 0.717) is 18.2 Å². The molecule has 0 radical (unpaired) electrons. The smallest absolute Gasteiger partial charge is 0.251 e. The molecular formula is C14H15N3OS. The zero-order chi connectivity index (χ0) is 13.1. The van der Waals surface area contributed by atoms with Crippen LogP contribution in [-0.4, -0.2) is 16.9 Å². The molecule has 2 N–H and O–H groups in total. The van der Waals surface area contributed by atoms with Crippen molar-refractivity contribution in [3.8, 4) is 0 Å². The number of carbonyl (C=O) groups is 1. The minimum atomic E-state index is 0.0222. The molecule has 1 aliphatic carbocycles. The van der Waals surface area contributed by atoms with E-state index in [1.54, 1.807) is 17.5 Å². The van der Waals surface area contributed by atoms with Crippen molar-refractivity contribution < 1.29 is 4.79 Å². The first kappa shape index (κ1) is 12.2. The van der Waals surface area contributed by atoms with Gasteiger partial charge in [-0.15, -0.1) is 11.3 Å². The van der Waals surface area contributed by atoms with Crippen molar-refractivity contribution in [2.24, 2.45) is 0 Å². The molecule has 0 atom stereocenters. The lowest BCUT2D eigenvalue weighted by molar-refractivity contribution is 0.0951. The van der Waals surface area contributed by atoms with Crippen molar-refractivity contribution in [1.29, 1.82) is 0 Å². The van der Waals surface area contributed by atoms with E-state index in [4.69, 9.17) is 0 Å². The van der Waals surface area contributed by atoms with E-state index in [0.717, 1.165) is 23.5 Å². The fourth-order valence-corrected chi connectivity index (χ4v) is 2.31. The highest BCUT2D eigenvalue weighted by molar-refractivity contribution is 7.09. The number of carbonyl (C=O) groups excluding carboxylic acids is 1. The Kier molecular flexibility index (Phi) is 3.46. The van der Waals surface area contributed by atoms with Gasteiger partial charge < -0.3 is 10.6 Å². The maximum atomic E-state index is 11.8. The summed E-state index contributed by atoms with van der Waals surface area (Å²) in [5.41, 5.74) is 1.71. The minimum absolute atomic E-state index is 0.0222. The molecule has 0 unspecified atom stereocenters. The summed E-state index contributed by atoms with van der Waals surface area (Å²) in [6.07, 6.45) is 4.02. The molecular weight excluding hydrogens is 258 g/mol. The number of aromatic nitrogens is 1. The number of benzene rings is 1. The van der Waals surface area contributed by atoms with Crippen LogP contribution in [0.25, 0.3) is 0 Å².